The van der Waals surface area contributed by atoms with Crippen LogP contribution in [0.4, 0.5) is 5.82 Å². The molecule has 0 saturated heterocycles. The van der Waals surface area contributed by atoms with Gasteiger partial charge in [0, 0.05) is 31.4 Å². The molecular weight excluding hydrogens is 270 g/mol. The molecule has 0 amide bonds. The number of hydrogen-bond acceptors (Lipinski definition) is 3. The molecule has 1 unspecified atom stereocenters. The Bertz CT molecular complexity index is 426. The molecule has 1 rings (SSSR count). The molecule has 0 aliphatic carbocycles. The van der Waals surface area contributed by atoms with Gasteiger partial charge in [0.25, 0.3) is 0 Å². The minimum Gasteiger partial charge on any atom is -0.357 e. The summed E-state index contributed by atoms with van der Waals surface area (Å²) in [5.74, 6) is 0.987. The smallest absolute Gasteiger partial charge is 0.128 e. The molecule has 1 aromatic rings. The van der Waals surface area contributed by atoms with Crippen molar-refractivity contribution in [1.82, 2.24) is 10.3 Å². The third-order valence-electron chi connectivity index (χ3n) is 3.46. The van der Waals surface area contributed by atoms with Crippen LogP contribution in [0.25, 0.3) is 0 Å². The molecule has 0 aliphatic heterocycles. The highest BCUT2D eigenvalue weighted by Crippen LogP contribution is 2.22. The maximum absolute atomic E-state index is 6.25. The predicted octanol–water partition coefficient (Wildman–Crippen LogP) is 4.25. The molecule has 1 heterocycles. The highest BCUT2D eigenvalue weighted by molar-refractivity contribution is 6.31. The second-order valence-corrected chi connectivity index (χ2v) is 6.89. The van der Waals surface area contributed by atoms with Crippen molar-refractivity contribution < 1.29 is 0 Å². The first-order valence-corrected chi connectivity index (χ1v) is 7.74. The lowest BCUT2D eigenvalue weighted by atomic mass is 10.1. The second kappa shape index (κ2) is 7.28. The zero-order valence-electron chi connectivity index (χ0n) is 13.6. The van der Waals surface area contributed by atoms with Gasteiger partial charge in [-0.25, -0.2) is 4.98 Å². The summed E-state index contributed by atoms with van der Waals surface area (Å²) in [6.45, 7) is 11.6. The van der Waals surface area contributed by atoms with Crippen molar-refractivity contribution in [2.45, 2.75) is 65.6 Å². The Kier molecular flexibility index (Phi) is 6.28. The lowest BCUT2D eigenvalue weighted by Crippen LogP contribution is -2.35. The second-order valence-electron chi connectivity index (χ2n) is 6.49. The van der Waals surface area contributed by atoms with Gasteiger partial charge < -0.3 is 10.2 Å². The summed E-state index contributed by atoms with van der Waals surface area (Å²) in [5.41, 5.74) is 1.18. The fraction of sp³-hybridized carbons (Fsp3) is 0.688. The van der Waals surface area contributed by atoms with Crippen LogP contribution in [0.15, 0.2) is 12.3 Å². The van der Waals surface area contributed by atoms with Crippen molar-refractivity contribution in [1.29, 1.82) is 0 Å². The Hall–Kier alpha value is -0.800. The third-order valence-corrected chi connectivity index (χ3v) is 3.80. The number of anilines is 1. The minimum absolute atomic E-state index is 0.0775. The maximum Gasteiger partial charge on any atom is 0.128 e. The van der Waals surface area contributed by atoms with Crippen molar-refractivity contribution >= 4 is 17.4 Å². The van der Waals surface area contributed by atoms with Crippen LogP contribution in [0.3, 0.4) is 0 Å². The van der Waals surface area contributed by atoms with Crippen LogP contribution < -0.4 is 10.2 Å². The standard InChI is InChI=1S/C16H28ClN3/c1-7-8-12(2)20(6)15-9-13(14(17)11-18-15)10-19-16(3,4)5/h9,11-12,19H,7-8,10H2,1-6H3. The zero-order valence-corrected chi connectivity index (χ0v) is 14.4. The quantitative estimate of drug-likeness (QED) is 0.851. The molecule has 0 fully saturated rings. The Balaban J connectivity index is 2.85. The van der Waals surface area contributed by atoms with Gasteiger partial charge in [-0.3, -0.25) is 0 Å². The summed E-state index contributed by atoms with van der Waals surface area (Å²) >= 11 is 6.25. The summed E-state index contributed by atoms with van der Waals surface area (Å²) < 4.78 is 0. The molecule has 1 aromatic heterocycles. The molecule has 0 aliphatic rings. The number of nitrogens with one attached hydrogen (secondary N) is 1. The fourth-order valence-electron chi connectivity index (χ4n) is 1.99. The van der Waals surface area contributed by atoms with Gasteiger partial charge >= 0.3 is 0 Å². The molecule has 1 N–H and O–H groups in total. The van der Waals surface area contributed by atoms with Crippen LogP contribution in [0.2, 0.25) is 5.02 Å². The SMILES string of the molecule is CCCC(C)N(C)c1cc(CNC(C)(C)C)c(Cl)cn1. The number of halogens is 1. The van der Waals surface area contributed by atoms with Crippen LogP contribution in [-0.2, 0) is 6.54 Å². The van der Waals surface area contributed by atoms with E-state index in [0.717, 1.165) is 29.4 Å². The van der Waals surface area contributed by atoms with Gasteiger partial charge in [0.2, 0.25) is 0 Å². The number of pyridine rings is 1. The van der Waals surface area contributed by atoms with Gasteiger partial charge in [-0.15, -0.1) is 0 Å². The lowest BCUT2D eigenvalue weighted by molar-refractivity contribution is 0.424. The zero-order chi connectivity index (χ0) is 15.3. The van der Waals surface area contributed by atoms with Gasteiger partial charge in [-0.2, -0.15) is 0 Å². The fourth-order valence-corrected chi connectivity index (χ4v) is 2.16. The molecule has 0 bridgehead atoms. The van der Waals surface area contributed by atoms with E-state index in [0.29, 0.717) is 6.04 Å². The van der Waals surface area contributed by atoms with Crippen LogP contribution in [-0.4, -0.2) is 23.6 Å². The van der Waals surface area contributed by atoms with E-state index in [-0.39, 0.29) is 5.54 Å². The minimum atomic E-state index is 0.0775. The maximum atomic E-state index is 6.25. The van der Waals surface area contributed by atoms with Crippen molar-refractivity contribution in [3.63, 3.8) is 0 Å². The Morgan fingerprint density at radius 1 is 1.40 bits per heavy atom. The van der Waals surface area contributed by atoms with Crippen molar-refractivity contribution in [3.8, 4) is 0 Å². The normalized spacial score (nSPS) is 13.3. The summed E-state index contributed by atoms with van der Waals surface area (Å²) in [6.07, 6.45) is 4.10. The van der Waals surface area contributed by atoms with Crippen LogP contribution >= 0.6 is 11.6 Å². The van der Waals surface area contributed by atoms with Gasteiger partial charge in [0.05, 0.1) is 5.02 Å². The monoisotopic (exact) mass is 297 g/mol. The summed E-state index contributed by atoms with van der Waals surface area (Å²) in [6, 6.07) is 2.57. The Morgan fingerprint density at radius 3 is 2.60 bits per heavy atom. The van der Waals surface area contributed by atoms with Gasteiger partial charge in [0.15, 0.2) is 0 Å². The average molecular weight is 298 g/mol. The Morgan fingerprint density at radius 2 is 2.05 bits per heavy atom. The number of hydrogen-bond donors (Lipinski definition) is 1. The molecule has 3 nitrogen and oxygen atoms in total. The first-order valence-electron chi connectivity index (χ1n) is 7.37. The van der Waals surface area contributed by atoms with E-state index < -0.39 is 0 Å². The van der Waals surface area contributed by atoms with E-state index in [2.05, 4.69) is 62.9 Å². The van der Waals surface area contributed by atoms with E-state index in [1.165, 1.54) is 6.42 Å². The summed E-state index contributed by atoms with van der Waals surface area (Å²) in [5, 5.41) is 4.19. The molecule has 0 aromatic carbocycles. The van der Waals surface area contributed by atoms with E-state index in [1.807, 2.05) is 0 Å². The Labute approximate surface area is 128 Å². The van der Waals surface area contributed by atoms with Crippen LogP contribution in [0.1, 0.15) is 53.0 Å². The van der Waals surface area contributed by atoms with Crippen molar-refractivity contribution in [2.75, 3.05) is 11.9 Å². The molecular formula is C16H28ClN3. The molecule has 4 heteroatoms. The molecule has 20 heavy (non-hydrogen) atoms. The number of aromatic nitrogens is 1. The predicted molar refractivity (Wildman–Crippen MR) is 88.6 cm³/mol. The van der Waals surface area contributed by atoms with Crippen molar-refractivity contribution in [3.05, 3.63) is 22.8 Å². The number of rotatable bonds is 6. The first kappa shape index (κ1) is 17.3. The third kappa shape index (κ3) is 5.29. The van der Waals surface area contributed by atoms with E-state index >= 15 is 0 Å². The van der Waals surface area contributed by atoms with Crippen LogP contribution in [0.5, 0.6) is 0 Å². The average Bonchev–Trinajstić information content (AvgIpc) is 2.36. The first-order chi connectivity index (χ1) is 9.24. The van der Waals surface area contributed by atoms with E-state index in [4.69, 9.17) is 11.6 Å². The van der Waals surface area contributed by atoms with Gasteiger partial charge in [-0.1, -0.05) is 24.9 Å². The van der Waals surface area contributed by atoms with Crippen molar-refractivity contribution in [2.24, 2.45) is 0 Å². The van der Waals surface area contributed by atoms with E-state index in [1.54, 1.807) is 6.20 Å². The summed E-state index contributed by atoms with van der Waals surface area (Å²) in [7, 11) is 2.09. The van der Waals surface area contributed by atoms with Gasteiger partial charge in [-0.05, 0) is 45.7 Å². The molecule has 0 radical (unpaired) electrons. The topological polar surface area (TPSA) is 28.2 Å². The van der Waals surface area contributed by atoms with Gasteiger partial charge in [0.1, 0.15) is 5.82 Å². The lowest BCUT2D eigenvalue weighted by Gasteiger charge is -2.27. The molecule has 114 valence electrons. The highest BCUT2D eigenvalue weighted by atomic mass is 35.5. The largest absolute Gasteiger partial charge is 0.357 e. The summed E-state index contributed by atoms with van der Waals surface area (Å²) in [4.78, 5) is 6.68. The molecule has 1 atom stereocenters. The van der Waals surface area contributed by atoms with E-state index in [9.17, 15) is 0 Å². The van der Waals surface area contributed by atoms with Crippen LogP contribution in [0, 0.1) is 0 Å². The molecule has 0 saturated carbocycles. The molecule has 0 spiro atoms. The highest BCUT2D eigenvalue weighted by Gasteiger charge is 2.14. The number of nitrogens with zero attached hydrogens (tertiary/aromatic N) is 2.